The Balaban J connectivity index is 1.53. The van der Waals surface area contributed by atoms with E-state index in [1.165, 1.54) is 17.8 Å². The minimum absolute atomic E-state index is 0.294. The number of amides is 1. The van der Waals surface area contributed by atoms with Crippen LogP contribution in [0.5, 0.6) is 0 Å². The summed E-state index contributed by atoms with van der Waals surface area (Å²) >= 11 is 0. The van der Waals surface area contributed by atoms with E-state index in [0.29, 0.717) is 13.0 Å². The minimum atomic E-state index is -0.400. The molecule has 3 rings (SSSR count). The van der Waals surface area contributed by atoms with Gasteiger partial charge >= 0.3 is 0 Å². The number of carbonyl (C=O) groups is 1. The zero-order chi connectivity index (χ0) is 20.6. The molecule has 7 heteroatoms. The highest BCUT2D eigenvalue weighted by atomic mass is 19.1. The van der Waals surface area contributed by atoms with Gasteiger partial charge in [0.05, 0.1) is 5.92 Å². The lowest BCUT2D eigenvalue weighted by molar-refractivity contribution is -0.121. The summed E-state index contributed by atoms with van der Waals surface area (Å²) in [6.07, 6.45) is 0.460. The van der Waals surface area contributed by atoms with Crippen molar-refractivity contribution < 1.29 is 9.18 Å². The van der Waals surface area contributed by atoms with Gasteiger partial charge in [-0.05, 0) is 36.2 Å². The fourth-order valence-corrected chi connectivity index (χ4v) is 3.54. The molecule has 154 valence electrons. The number of nitrogens with zero attached hydrogens (tertiary/aromatic N) is 3. The maximum atomic E-state index is 13.1. The summed E-state index contributed by atoms with van der Waals surface area (Å²) in [7, 11) is 1.74. The van der Waals surface area contributed by atoms with Crippen molar-refractivity contribution in [3.05, 3.63) is 66.0 Å². The molecule has 1 atom stereocenters. The number of para-hydroxylation sites is 1. The van der Waals surface area contributed by atoms with Crippen LogP contribution in [0.4, 0.5) is 10.1 Å². The Kier molecular flexibility index (Phi) is 7.05. The number of anilines is 1. The number of guanidine groups is 1. The third-order valence-electron chi connectivity index (χ3n) is 5.22. The summed E-state index contributed by atoms with van der Waals surface area (Å²) < 4.78 is 13.1. The Labute approximate surface area is 171 Å². The van der Waals surface area contributed by atoms with Crippen LogP contribution >= 0.6 is 0 Å². The molecule has 0 bridgehead atoms. The van der Waals surface area contributed by atoms with Crippen LogP contribution in [0.15, 0.2) is 59.6 Å². The van der Waals surface area contributed by atoms with Gasteiger partial charge in [-0.25, -0.2) is 4.39 Å². The Bertz CT molecular complexity index is 817. The van der Waals surface area contributed by atoms with Crippen molar-refractivity contribution in [2.75, 3.05) is 44.7 Å². The van der Waals surface area contributed by atoms with E-state index in [9.17, 15) is 9.18 Å². The molecule has 29 heavy (non-hydrogen) atoms. The first-order valence-electron chi connectivity index (χ1n) is 9.86. The number of nitrogens with two attached hydrogens (primary N) is 1. The molecule has 1 amide bonds. The van der Waals surface area contributed by atoms with Crippen LogP contribution in [0.2, 0.25) is 0 Å². The van der Waals surface area contributed by atoms with Crippen molar-refractivity contribution in [3.63, 3.8) is 0 Å². The molecule has 2 aromatic rings. The number of piperazine rings is 1. The van der Waals surface area contributed by atoms with Gasteiger partial charge in [-0.3, -0.25) is 9.79 Å². The van der Waals surface area contributed by atoms with Crippen molar-refractivity contribution >= 4 is 17.6 Å². The number of halogens is 1. The van der Waals surface area contributed by atoms with Gasteiger partial charge in [0.15, 0.2) is 5.96 Å². The lowest BCUT2D eigenvalue weighted by atomic mass is 9.98. The van der Waals surface area contributed by atoms with E-state index in [4.69, 9.17) is 5.73 Å². The van der Waals surface area contributed by atoms with E-state index in [1.54, 1.807) is 19.2 Å². The third-order valence-corrected chi connectivity index (χ3v) is 5.22. The van der Waals surface area contributed by atoms with E-state index < -0.39 is 5.92 Å². The average Bonchev–Trinajstić information content (AvgIpc) is 2.75. The normalized spacial score (nSPS) is 15.9. The first-order chi connectivity index (χ1) is 14.1. The monoisotopic (exact) mass is 397 g/mol. The van der Waals surface area contributed by atoms with Crippen molar-refractivity contribution in [2.45, 2.75) is 6.42 Å². The highest BCUT2D eigenvalue weighted by molar-refractivity contribution is 5.82. The zero-order valence-electron chi connectivity index (χ0n) is 16.7. The van der Waals surface area contributed by atoms with Crippen LogP contribution in [0.25, 0.3) is 0 Å². The predicted octanol–water partition coefficient (Wildman–Crippen LogP) is 1.87. The van der Waals surface area contributed by atoms with E-state index in [2.05, 4.69) is 32.2 Å². The Morgan fingerprint density at radius 2 is 1.76 bits per heavy atom. The standard InChI is InChI=1S/C22H28FN5O/c1-25-22(28-13-11-27(12-14-28)20-5-3-2-4-6-20)26-16-18(21(24)29)15-17-7-9-19(23)10-8-17/h2-10,18H,11-16H2,1H3,(H2,24,29)(H,25,26). The lowest BCUT2D eigenvalue weighted by Gasteiger charge is -2.38. The van der Waals surface area contributed by atoms with E-state index in [0.717, 1.165) is 37.7 Å². The molecule has 1 aliphatic rings. The van der Waals surface area contributed by atoms with Gasteiger partial charge in [-0.1, -0.05) is 30.3 Å². The van der Waals surface area contributed by atoms with Crippen molar-refractivity contribution in [1.29, 1.82) is 0 Å². The molecule has 0 spiro atoms. The molecule has 1 aliphatic heterocycles. The molecule has 1 unspecified atom stereocenters. The average molecular weight is 397 g/mol. The number of aliphatic imine (C=N–C) groups is 1. The summed E-state index contributed by atoms with van der Waals surface area (Å²) in [5.74, 6) is -0.311. The summed E-state index contributed by atoms with van der Waals surface area (Å²) in [6.45, 7) is 3.87. The third kappa shape index (κ3) is 5.70. The van der Waals surface area contributed by atoms with Crippen LogP contribution in [0.1, 0.15) is 5.56 Å². The van der Waals surface area contributed by atoms with E-state index in [1.807, 2.05) is 18.2 Å². The minimum Gasteiger partial charge on any atom is -0.369 e. The van der Waals surface area contributed by atoms with Crippen molar-refractivity contribution in [1.82, 2.24) is 10.2 Å². The Morgan fingerprint density at radius 3 is 2.34 bits per heavy atom. The second kappa shape index (κ2) is 9.91. The van der Waals surface area contributed by atoms with Gasteiger partial charge in [0.25, 0.3) is 0 Å². The molecule has 3 N–H and O–H groups in total. The number of nitrogens with one attached hydrogen (secondary N) is 1. The van der Waals surface area contributed by atoms with E-state index >= 15 is 0 Å². The summed E-state index contributed by atoms with van der Waals surface area (Å²) in [5, 5.41) is 3.29. The molecule has 6 nitrogen and oxygen atoms in total. The number of carbonyl (C=O) groups excluding carboxylic acids is 1. The van der Waals surface area contributed by atoms with Crippen molar-refractivity contribution in [3.8, 4) is 0 Å². The van der Waals surface area contributed by atoms with Gasteiger partial charge < -0.3 is 20.9 Å². The second-order valence-corrected chi connectivity index (χ2v) is 7.17. The summed E-state index contributed by atoms with van der Waals surface area (Å²) in [4.78, 5) is 20.8. The fraction of sp³-hybridized carbons (Fsp3) is 0.364. The summed E-state index contributed by atoms with van der Waals surface area (Å²) in [6, 6.07) is 16.5. The van der Waals surface area contributed by atoms with Crippen LogP contribution in [-0.4, -0.2) is 56.5 Å². The molecule has 1 heterocycles. The largest absolute Gasteiger partial charge is 0.369 e. The van der Waals surface area contributed by atoms with Gasteiger partial charge in [-0.15, -0.1) is 0 Å². The van der Waals surface area contributed by atoms with Crippen LogP contribution in [0, 0.1) is 11.7 Å². The number of primary amides is 1. The Hall–Kier alpha value is -3.09. The lowest BCUT2D eigenvalue weighted by Crippen LogP contribution is -2.53. The molecule has 0 aliphatic carbocycles. The first kappa shape index (κ1) is 20.6. The van der Waals surface area contributed by atoms with Crippen LogP contribution in [0.3, 0.4) is 0 Å². The molecule has 0 radical (unpaired) electrons. The Morgan fingerprint density at radius 1 is 1.10 bits per heavy atom. The van der Waals surface area contributed by atoms with Gasteiger partial charge in [0.1, 0.15) is 5.82 Å². The molecule has 0 aromatic heterocycles. The number of benzene rings is 2. The predicted molar refractivity (Wildman–Crippen MR) is 114 cm³/mol. The maximum absolute atomic E-state index is 13.1. The highest BCUT2D eigenvalue weighted by Crippen LogP contribution is 2.16. The van der Waals surface area contributed by atoms with Crippen LogP contribution < -0.4 is 16.0 Å². The topological polar surface area (TPSA) is 74.0 Å². The van der Waals surface area contributed by atoms with Crippen LogP contribution in [-0.2, 0) is 11.2 Å². The molecule has 2 aromatic carbocycles. The van der Waals surface area contributed by atoms with Gasteiger partial charge in [-0.2, -0.15) is 0 Å². The number of hydrogen-bond donors (Lipinski definition) is 2. The molecule has 1 saturated heterocycles. The smallest absolute Gasteiger partial charge is 0.222 e. The highest BCUT2D eigenvalue weighted by Gasteiger charge is 2.22. The van der Waals surface area contributed by atoms with E-state index in [-0.39, 0.29) is 11.7 Å². The molecule has 1 fully saturated rings. The fourth-order valence-electron chi connectivity index (χ4n) is 3.54. The number of rotatable bonds is 6. The number of hydrogen-bond acceptors (Lipinski definition) is 3. The second-order valence-electron chi connectivity index (χ2n) is 7.17. The molecule has 0 saturated carbocycles. The summed E-state index contributed by atoms with van der Waals surface area (Å²) in [5.41, 5.74) is 7.69. The zero-order valence-corrected chi connectivity index (χ0v) is 16.7. The van der Waals surface area contributed by atoms with Gasteiger partial charge in [0, 0.05) is 45.5 Å². The van der Waals surface area contributed by atoms with Gasteiger partial charge in [0.2, 0.25) is 5.91 Å². The molecular formula is C22H28FN5O. The first-order valence-corrected chi connectivity index (χ1v) is 9.86. The quantitative estimate of drug-likeness (QED) is 0.577. The van der Waals surface area contributed by atoms with Crippen molar-refractivity contribution in [2.24, 2.45) is 16.6 Å². The maximum Gasteiger partial charge on any atom is 0.222 e. The molecular weight excluding hydrogens is 369 g/mol. The SMILES string of the molecule is CN=C(NCC(Cc1ccc(F)cc1)C(N)=O)N1CCN(c2ccccc2)CC1.